The van der Waals surface area contributed by atoms with Crippen molar-refractivity contribution in [3.63, 3.8) is 0 Å². The number of hydrogen-bond acceptors (Lipinski definition) is 10. The van der Waals surface area contributed by atoms with Gasteiger partial charge in [0.05, 0.1) is 31.9 Å². The summed E-state index contributed by atoms with van der Waals surface area (Å²) in [5.41, 5.74) is 2.78. The topological polar surface area (TPSA) is 118 Å². The largest absolute Gasteiger partial charge is 0.496 e. The van der Waals surface area contributed by atoms with Crippen LogP contribution in [0.2, 0.25) is 5.02 Å². The summed E-state index contributed by atoms with van der Waals surface area (Å²) in [4.78, 5) is 11.1. The molecule has 0 aliphatic carbocycles. The summed E-state index contributed by atoms with van der Waals surface area (Å²) in [6.07, 6.45) is 2.64. The number of halogens is 1. The Hall–Kier alpha value is -3.28. The summed E-state index contributed by atoms with van der Waals surface area (Å²) in [6, 6.07) is 11.1. The van der Waals surface area contributed by atoms with Gasteiger partial charge >= 0.3 is 0 Å². The molecule has 1 aliphatic heterocycles. The van der Waals surface area contributed by atoms with Crippen LogP contribution in [0.25, 0.3) is 0 Å². The van der Waals surface area contributed by atoms with Gasteiger partial charge in [0.25, 0.3) is 0 Å². The maximum Gasteiger partial charge on any atom is 0.229 e. The zero-order valence-corrected chi connectivity index (χ0v) is 21.9. The van der Waals surface area contributed by atoms with Crippen molar-refractivity contribution in [2.24, 2.45) is 0 Å². The van der Waals surface area contributed by atoms with Gasteiger partial charge in [0.2, 0.25) is 5.95 Å². The van der Waals surface area contributed by atoms with Crippen molar-refractivity contribution in [2.45, 2.75) is 5.75 Å². The minimum absolute atomic E-state index is 0.205. The predicted molar refractivity (Wildman–Crippen MR) is 143 cm³/mol. The van der Waals surface area contributed by atoms with Gasteiger partial charge in [-0.1, -0.05) is 17.7 Å². The summed E-state index contributed by atoms with van der Waals surface area (Å²) in [5, 5.41) is 9.94. The number of anilines is 5. The van der Waals surface area contributed by atoms with E-state index in [4.69, 9.17) is 21.1 Å². The first-order valence-electron chi connectivity index (χ1n) is 11.3. The molecule has 1 saturated heterocycles. The van der Waals surface area contributed by atoms with E-state index in [0.29, 0.717) is 40.2 Å². The van der Waals surface area contributed by atoms with Crippen molar-refractivity contribution in [2.75, 3.05) is 62.2 Å². The van der Waals surface area contributed by atoms with Crippen LogP contribution >= 0.6 is 11.6 Å². The van der Waals surface area contributed by atoms with Gasteiger partial charge in [-0.25, -0.2) is 13.4 Å². The second kappa shape index (κ2) is 11.2. The molecule has 0 saturated carbocycles. The van der Waals surface area contributed by atoms with Crippen molar-refractivity contribution in [3.05, 3.63) is 53.2 Å². The zero-order valence-electron chi connectivity index (χ0n) is 20.3. The summed E-state index contributed by atoms with van der Waals surface area (Å²) >= 11 is 6.37. The van der Waals surface area contributed by atoms with Gasteiger partial charge in [0, 0.05) is 55.4 Å². The fourth-order valence-electron chi connectivity index (χ4n) is 3.95. The van der Waals surface area contributed by atoms with Crippen LogP contribution in [0.5, 0.6) is 11.5 Å². The molecule has 2 heterocycles. The van der Waals surface area contributed by atoms with Gasteiger partial charge in [-0.15, -0.1) is 0 Å². The number of aromatic nitrogens is 2. The number of sulfone groups is 1. The molecule has 12 heteroatoms. The molecule has 0 spiro atoms. The fraction of sp³-hybridized carbons (Fsp3) is 0.333. The van der Waals surface area contributed by atoms with Crippen LogP contribution in [-0.2, 0) is 15.6 Å². The van der Waals surface area contributed by atoms with Crippen molar-refractivity contribution in [1.29, 1.82) is 0 Å². The van der Waals surface area contributed by atoms with E-state index < -0.39 is 9.84 Å². The molecule has 3 N–H and O–H groups in total. The Morgan fingerprint density at radius 2 is 1.81 bits per heavy atom. The number of methoxy groups -OCH3 is 2. The van der Waals surface area contributed by atoms with Crippen LogP contribution < -0.4 is 30.3 Å². The van der Waals surface area contributed by atoms with E-state index in [9.17, 15) is 8.42 Å². The van der Waals surface area contributed by atoms with Gasteiger partial charge < -0.3 is 30.3 Å². The number of nitrogens with one attached hydrogen (secondary N) is 3. The Balaban J connectivity index is 1.60. The molecule has 36 heavy (non-hydrogen) atoms. The lowest BCUT2D eigenvalue weighted by molar-refractivity contribution is 0.411. The Morgan fingerprint density at radius 1 is 1.06 bits per heavy atom. The van der Waals surface area contributed by atoms with Crippen LogP contribution in [0.15, 0.2) is 42.6 Å². The Bertz CT molecular complexity index is 1330. The van der Waals surface area contributed by atoms with Gasteiger partial charge in [-0.05, 0) is 24.3 Å². The third-order valence-corrected chi connectivity index (χ3v) is 6.76. The van der Waals surface area contributed by atoms with Gasteiger partial charge in [0.15, 0.2) is 15.7 Å². The van der Waals surface area contributed by atoms with E-state index in [2.05, 4.69) is 30.8 Å². The van der Waals surface area contributed by atoms with E-state index in [-0.39, 0.29) is 10.8 Å². The Morgan fingerprint density at radius 3 is 2.50 bits per heavy atom. The number of hydrogen-bond donors (Lipinski definition) is 3. The van der Waals surface area contributed by atoms with E-state index in [1.54, 1.807) is 25.3 Å². The lowest BCUT2D eigenvalue weighted by atomic mass is 10.1. The predicted octanol–water partition coefficient (Wildman–Crippen LogP) is 3.59. The maximum absolute atomic E-state index is 12.0. The third kappa shape index (κ3) is 6.28. The van der Waals surface area contributed by atoms with Gasteiger partial charge in [0.1, 0.15) is 16.5 Å². The van der Waals surface area contributed by atoms with Gasteiger partial charge in [-0.3, -0.25) is 0 Å². The summed E-state index contributed by atoms with van der Waals surface area (Å²) in [6.45, 7) is 3.74. The zero-order chi connectivity index (χ0) is 25.7. The molecule has 1 aliphatic rings. The molecule has 1 fully saturated rings. The van der Waals surface area contributed by atoms with Crippen molar-refractivity contribution >= 4 is 50.3 Å². The monoisotopic (exact) mass is 532 g/mol. The van der Waals surface area contributed by atoms with E-state index in [0.717, 1.165) is 31.9 Å². The van der Waals surface area contributed by atoms with Crippen molar-refractivity contribution < 1.29 is 17.9 Å². The molecule has 1 aromatic heterocycles. The highest BCUT2D eigenvalue weighted by molar-refractivity contribution is 7.89. The number of nitrogens with zero attached hydrogens (tertiary/aromatic N) is 3. The second-order valence-corrected chi connectivity index (χ2v) is 10.9. The molecule has 4 rings (SSSR count). The molecular formula is C24H29ClN6O4S. The lowest BCUT2D eigenvalue weighted by Crippen LogP contribution is -2.43. The minimum atomic E-state index is -3.32. The standard InChI is InChI=1S/C24H29ClN6O4S/c1-34-21-6-4-5-19(17(21)15-36(3,32)33)28-23-18(25)14-27-24(30-23)29-20-8-7-16(13-22(20)35-2)31-11-9-26-10-12-31/h4-8,13-14,26H,9-12,15H2,1-3H3,(H2,27,28,29,30). The highest BCUT2D eigenvalue weighted by Crippen LogP contribution is 2.34. The molecule has 0 atom stereocenters. The number of piperazine rings is 1. The maximum atomic E-state index is 12.0. The fourth-order valence-corrected chi connectivity index (χ4v) is 4.91. The Labute approximate surface area is 215 Å². The smallest absolute Gasteiger partial charge is 0.229 e. The molecule has 0 bridgehead atoms. The lowest BCUT2D eigenvalue weighted by Gasteiger charge is -2.30. The third-order valence-electron chi connectivity index (χ3n) is 5.67. The summed E-state index contributed by atoms with van der Waals surface area (Å²) < 4.78 is 35.0. The highest BCUT2D eigenvalue weighted by Gasteiger charge is 2.18. The van der Waals surface area contributed by atoms with Crippen LogP contribution in [0.4, 0.5) is 28.8 Å². The first-order valence-corrected chi connectivity index (χ1v) is 13.7. The number of rotatable bonds is 9. The van der Waals surface area contributed by atoms with Gasteiger partial charge in [-0.2, -0.15) is 4.98 Å². The van der Waals surface area contributed by atoms with Crippen LogP contribution in [-0.4, -0.2) is 65.0 Å². The molecule has 192 valence electrons. The first-order chi connectivity index (χ1) is 17.3. The average molecular weight is 533 g/mol. The van der Waals surface area contributed by atoms with E-state index >= 15 is 0 Å². The van der Waals surface area contributed by atoms with Crippen molar-refractivity contribution in [1.82, 2.24) is 15.3 Å². The first kappa shape index (κ1) is 25.8. The number of benzene rings is 2. The molecule has 0 unspecified atom stereocenters. The summed E-state index contributed by atoms with van der Waals surface area (Å²) in [5.74, 6) is 1.51. The SMILES string of the molecule is COc1cc(N2CCNCC2)ccc1Nc1ncc(Cl)c(Nc2cccc(OC)c2CS(C)(=O)=O)n1. The van der Waals surface area contributed by atoms with Crippen molar-refractivity contribution in [3.8, 4) is 11.5 Å². The second-order valence-electron chi connectivity index (χ2n) is 8.32. The molecule has 2 aromatic carbocycles. The molecule has 10 nitrogen and oxygen atoms in total. The number of ether oxygens (including phenoxy) is 2. The normalized spacial score (nSPS) is 13.8. The summed E-state index contributed by atoms with van der Waals surface area (Å²) in [7, 11) is -0.216. The quantitative estimate of drug-likeness (QED) is 0.377. The molecular weight excluding hydrogens is 504 g/mol. The van der Waals surface area contributed by atoms with Crippen LogP contribution in [0.3, 0.4) is 0 Å². The minimum Gasteiger partial charge on any atom is -0.496 e. The van der Waals surface area contributed by atoms with E-state index in [1.165, 1.54) is 19.6 Å². The Kier molecular flexibility index (Phi) is 8.02. The van der Waals surface area contributed by atoms with Crippen LogP contribution in [0, 0.1) is 0 Å². The van der Waals surface area contributed by atoms with Crippen LogP contribution in [0.1, 0.15) is 5.56 Å². The highest BCUT2D eigenvalue weighted by atomic mass is 35.5. The molecule has 3 aromatic rings. The average Bonchev–Trinajstić information content (AvgIpc) is 2.87. The van der Waals surface area contributed by atoms with E-state index in [1.807, 2.05) is 18.2 Å². The molecule has 0 radical (unpaired) electrons. The molecule has 0 amide bonds.